The first-order chi connectivity index (χ1) is 12.7. The van der Waals surface area contributed by atoms with Gasteiger partial charge in [-0.15, -0.1) is 0 Å². The van der Waals surface area contributed by atoms with Gasteiger partial charge in [0.25, 0.3) is 0 Å². The van der Waals surface area contributed by atoms with E-state index in [1.165, 1.54) is 4.90 Å². The van der Waals surface area contributed by atoms with Crippen molar-refractivity contribution in [2.24, 2.45) is 0 Å². The third-order valence-electron chi connectivity index (χ3n) is 4.22. The molecule has 2 aromatic carbocycles. The Kier molecular flexibility index (Phi) is 4.01. The van der Waals surface area contributed by atoms with Crippen LogP contribution in [-0.2, 0) is 0 Å². The minimum absolute atomic E-state index is 0.0763. The second kappa shape index (κ2) is 6.48. The summed E-state index contributed by atoms with van der Waals surface area (Å²) in [5, 5.41) is 19.6. The number of para-hydroxylation sites is 2. The number of benzene rings is 2. The number of allylic oxidation sites excluding steroid dienone is 4. The van der Waals surface area contributed by atoms with Crippen LogP contribution in [-0.4, -0.2) is 7.05 Å². The summed E-state index contributed by atoms with van der Waals surface area (Å²) in [7, 11) is 2.01. The number of hydrogen-bond acceptors (Lipinski definition) is 5. The van der Waals surface area contributed by atoms with Crippen LogP contribution < -0.4 is 9.64 Å². The molecule has 2 aliphatic heterocycles. The van der Waals surface area contributed by atoms with Crippen molar-refractivity contribution in [2.75, 3.05) is 11.9 Å². The average molecular weight is 355 g/mol. The van der Waals surface area contributed by atoms with E-state index in [0.717, 1.165) is 16.3 Å². The zero-order valence-corrected chi connectivity index (χ0v) is 14.7. The van der Waals surface area contributed by atoms with Gasteiger partial charge in [0, 0.05) is 29.2 Å². The van der Waals surface area contributed by atoms with Crippen molar-refractivity contribution < 1.29 is 4.74 Å². The third-order valence-corrected chi connectivity index (χ3v) is 5.39. The van der Waals surface area contributed by atoms with E-state index in [4.69, 9.17) is 4.74 Å². The highest BCUT2D eigenvalue weighted by Crippen LogP contribution is 2.45. The SMILES string of the molecule is CN1/C(=C/C2=CC(=C(C#N)C#N)c3ccccc3O2)Sc2ccccc21. The van der Waals surface area contributed by atoms with E-state index in [0.29, 0.717) is 17.1 Å². The summed E-state index contributed by atoms with van der Waals surface area (Å²) in [6, 6.07) is 19.6. The monoisotopic (exact) mass is 355 g/mol. The summed E-state index contributed by atoms with van der Waals surface area (Å²) in [6.45, 7) is 0. The van der Waals surface area contributed by atoms with E-state index < -0.39 is 0 Å². The van der Waals surface area contributed by atoms with Gasteiger partial charge in [0.2, 0.25) is 0 Å². The predicted molar refractivity (Wildman–Crippen MR) is 102 cm³/mol. The van der Waals surface area contributed by atoms with Crippen molar-refractivity contribution in [1.29, 1.82) is 10.5 Å². The highest BCUT2D eigenvalue weighted by molar-refractivity contribution is 8.03. The molecule has 0 amide bonds. The molecule has 4 rings (SSSR count). The van der Waals surface area contributed by atoms with E-state index in [9.17, 15) is 10.5 Å². The second-order valence-electron chi connectivity index (χ2n) is 5.77. The van der Waals surface area contributed by atoms with Gasteiger partial charge in [-0.05, 0) is 24.3 Å². The van der Waals surface area contributed by atoms with Crippen LogP contribution in [0.15, 0.2) is 81.9 Å². The van der Waals surface area contributed by atoms with E-state index in [1.54, 1.807) is 17.8 Å². The molecular weight excluding hydrogens is 342 g/mol. The Morgan fingerprint density at radius 2 is 1.81 bits per heavy atom. The topological polar surface area (TPSA) is 60.0 Å². The van der Waals surface area contributed by atoms with E-state index in [1.807, 2.05) is 61.7 Å². The minimum atomic E-state index is 0.0763. The summed E-state index contributed by atoms with van der Waals surface area (Å²) in [5.41, 5.74) is 2.56. The molecule has 26 heavy (non-hydrogen) atoms. The number of rotatable bonds is 1. The van der Waals surface area contributed by atoms with Crippen LogP contribution in [0.5, 0.6) is 5.75 Å². The van der Waals surface area contributed by atoms with Gasteiger partial charge in [0.05, 0.1) is 10.7 Å². The predicted octanol–water partition coefficient (Wildman–Crippen LogP) is 4.85. The average Bonchev–Trinajstić information content (AvgIpc) is 2.98. The van der Waals surface area contributed by atoms with Gasteiger partial charge in [-0.25, -0.2) is 0 Å². The molecule has 0 saturated carbocycles. The molecule has 0 spiro atoms. The normalized spacial score (nSPS) is 16.1. The number of ether oxygens (including phenoxy) is 1. The zero-order valence-electron chi connectivity index (χ0n) is 13.9. The van der Waals surface area contributed by atoms with Gasteiger partial charge in [0.15, 0.2) is 0 Å². The number of fused-ring (bicyclic) bond motifs is 2. The minimum Gasteiger partial charge on any atom is -0.457 e. The zero-order chi connectivity index (χ0) is 18.1. The van der Waals surface area contributed by atoms with Gasteiger partial charge in [-0.3, -0.25) is 0 Å². The maximum absolute atomic E-state index is 9.31. The quantitative estimate of drug-likeness (QED) is 0.685. The number of nitriles is 2. The molecule has 2 aliphatic rings. The standard InChI is InChI=1S/C21H13N3OS/c1-24-18-7-3-5-9-20(18)26-21(24)11-15-10-17(14(12-22)13-23)16-6-2-4-8-19(16)25-15/h2-11H,1H3/b21-11-. The molecule has 2 aromatic rings. The van der Waals surface area contributed by atoms with Crippen molar-refractivity contribution in [3.8, 4) is 17.9 Å². The lowest BCUT2D eigenvalue weighted by atomic mass is 9.97. The first-order valence-electron chi connectivity index (χ1n) is 7.97. The summed E-state index contributed by atoms with van der Waals surface area (Å²) < 4.78 is 6.00. The summed E-state index contributed by atoms with van der Waals surface area (Å²) in [4.78, 5) is 3.28. The maximum atomic E-state index is 9.31. The molecule has 124 valence electrons. The highest BCUT2D eigenvalue weighted by atomic mass is 32.2. The molecule has 0 aliphatic carbocycles. The Bertz CT molecular complexity index is 1070. The van der Waals surface area contributed by atoms with Gasteiger partial charge in [-0.1, -0.05) is 42.1 Å². The lowest BCUT2D eigenvalue weighted by molar-refractivity contribution is 0.438. The Morgan fingerprint density at radius 3 is 2.58 bits per heavy atom. The number of thioether (sulfide) groups is 1. The number of hydrogen-bond donors (Lipinski definition) is 0. The summed E-state index contributed by atoms with van der Waals surface area (Å²) in [6.07, 6.45) is 3.70. The molecule has 4 nitrogen and oxygen atoms in total. The van der Waals surface area contributed by atoms with Crippen LogP contribution in [0.1, 0.15) is 5.56 Å². The summed E-state index contributed by atoms with van der Waals surface area (Å²) >= 11 is 1.66. The molecule has 0 fully saturated rings. The van der Waals surface area contributed by atoms with Crippen LogP contribution in [0.3, 0.4) is 0 Å². The molecule has 2 heterocycles. The van der Waals surface area contributed by atoms with Crippen molar-refractivity contribution in [1.82, 2.24) is 0 Å². The molecule has 0 N–H and O–H groups in total. The van der Waals surface area contributed by atoms with Crippen molar-refractivity contribution in [3.05, 3.63) is 82.6 Å². The van der Waals surface area contributed by atoms with E-state index in [-0.39, 0.29) is 5.57 Å². The van der Waals surface area contributed by atoms with Crippen molar-refractivity contribution >= 4 is 23.0 Å². The Hall–Kier alpha value is -3.41. The highest BCUT2D eigenvalue weighted by Gasteiger charge is 2.24. The van der Waals surface area contributed by atoms with E-state index in [2.05, 4.69) is 17.0 Å². The third kappa shape index (κ3) is 2.65. The van der Waals surface area contributed by atoms with Gasteiger partial charge >= 0.3 is 0 Å². The smallest absolute Gasteiger partial charge is 0.137 e. The molecule has 5 heteroatoms. The molecule has 0 radical (unpaired) electrons. The largest absolute Gasteiger partial charge is 0.457 e. The Labute approximate surface area is 155 Å². The molecule has 0 bridgehead atoms. The van der Waals surface area contributed by atoms with Gasteiger partial charge < -0.3 is 9.64 Å². The fourth-order valence-corrected chi connectivity index (χ4v) is 4.04. The maximum Gasteiger partial charge on any atom is 0.137 e. The van der Waals surface area contributed by atoms with Crippen molar-refractivity contribution in [3.63, 3.8) is 0 Å². The molecule has 0 unspecified atom stereocenters. The lowest BCUT2D eigenvalue weighted by Gasteiger charge is -2.20. The Morgan fingerprint density at radius 1 is 1.08 bits per heavy atom. The van der Waals surface area contributed by atoms with E-state index >= 15 is 0 Å². The fraction of sp³-hybridized carbons (Fsp3) is 0.0476. The van der Waals surface area contributed by atoms with Crippen LogP contribution in [0.25, 0.3) is 5.57 Å². The fourth-order valence-electron chi connectivity index (χ4n) is 2.95. The first kappa shape index (κ1) is 16.1. The van der Waals surface area contributed by atoms with Crippen LogP contribution in [0, 0.1) is 22.7 Å². The molecule has 0 aromatic heterocycles. The molecule has 0 saturated heterocycles. The number of nitrogens with zero attached hydrogens (tertiary/aromatic N) is 3. The van der Waals surface area contributed by atoms with Gasteiger partial charge in [-0.2, -0.15) is 10.5 Å². The van der Waals surface area contributed by atoms with Crippen LogP contribution in [0.2, 0.25) is 0 Å². The molecular formula is C21H13N3OS. The Balaban J connectivity index is 1.79. The van der Waals surface area contributed by atoms with Crippen LogP contribution in [0.4, 0.5) is 5.69 Å². The van der Waals surface area contributed by atoms with Crippen molar-refractivity contribution in [2.45, 2.75) is 4.90 Å². The van der Waals surface area contributed by atoms with Gasteiger partial charge in [0.1, 0.15) is 29.2 Å². The second-order valence-corrected chi connectivity index (χ2v) is 6.83. The summed E-state index contributed by atoms with van der Waals surface area (Å²) in [5.74, 6) is 1.24. The number of anilines is 1. The molecule has 0 atom stereocenters. The first-order valence-corrected chi connectivity index (χ1v) is 8.78. The lowest BCUT2D eigenvalue weighted by Crippen LogP contribution is -2.11. The van der Waals surface area contributed by atoms with Crippen LogP contribution >= 0.6 is 11.8 Å².